The summed E-state index contributed by atoms with van der Waals surface area (Å²) in [5, 5.41) is 0. The van der Waals surface area contributed by atoms with Gasteiger partial charge in [0.1, 0.15) is 0 Å². The molecule has 20 heavy (non-hydrogen) atoms. The molecular weight excluding hydrogens is 250 g/mol. The number of rotatable bonds is 2. The Morgan fingerprint density at radius 2 is 1.60 bits per heavy atom. The monoisotopic (exact) mass is 279 g/mol. The lowest BCUT2D eigenvalue weighted by atomic mass is 9.85. The van der Waals surface area contributed by atoms with Gasteiger partial charge in [0.25, 0.3) is 0 Å². The zero-order chi connectivity index (χ0) is 13.9. The normalized spacial score (nSPS) is 36.2. The van der Waals surface area contributed by atoms with E-state index >= 15 is 0 Å². The number of hydrogen-bond donors (Lipinski definition) is 1. The maximum atomic E-state index is 12.7. The Labute approximate surface area is 122 Å². The van der Waals surface area contributed by atoms with Crippen molar-refractivity contribution >= 4 is 5.91 Å². The highest BCUT2D eigenvalue weighted by atomic mass is 16.2. The number of carbonyl (C=O) groups excluding carboxylic acids is 1. The van der Waals surface area contributed by atoms with Crippen LogP contribution in [0.4, 0.5) is 0 Å². The Morgan fingerprint density at radius 3 is 2.30 bits per heavy atom. The van der Waals surface area contributed by atoms with E-state index in [1.54, 1.807) is 0 Å². The molecule has 1 saturated carbocycles. The van der Waals surface area contributed by atoms with Crippen LogP contribution in [-0.4, -0.2) is 54.0 Å². The van der Waals surface area contributed by atoms with Gasteiger partial charge in [0.15, 0.2) is 0 Å². The van der Waals surface area contributed by atoms with Gasteiger partial charge in [-0.1, -0.05) is 0 Å². The van der Waals surface area contributed by atoms with Gasteiger partial charge < -0.3 is 10.6 Å². The second-order valence-corrected chi connectivity index (χ2v) is 6.94. The number of nitrogens with two attached hydrogens (primary N) is 1. The van der Waals surface area contributed by atoms with Crippen molar-refractivity contribution in [1.29, 1.82) is 0 Å². The molecule has 1 atom stereocenters. The van der Waals surface area contributed by atoms with Crippen LogP contribution in [0.1, 0.15) is 51.4 Å². The molecule has 4 nitrogen and oxygen atoms in total. The van der Waals surface area contributed by atoms with E-state index in [-0.39, 0.29) is 5.92 Å². The second-order valence-electron chi connectivity index (χ2n) is 6.94. The van der Waals surface area contributed by atoms with Crippen LogP contribution in [0.2, 0.25) is 0 Å². The molecule has 3 fully saturated rings. The molecular formula is C16H29N3O. The minimum absolute atomic E-state index is 0.257. The van der Waals surface area contributed by atoms with Gasteiger partial charge in [-0.15, -0.1) is 0 Å². The summed E-state index contributed by atoms with van der Waals surface area (Å²) in [5.74, 6) is 0.674. The van der Waals surface area contributed by atoms with Crippen LogP contribution in [0, 0.1) is 5.92 Å². The predicted molar refractivity (Wildman–Crippen MR) is 80.3 cm³/mol. The predicted octanol–water partition coefficient (Wildman–Crippen LogP) is 1.59. The summed E-state index contributed by atoms with van der Waals surface area (Å²) in [5.41, 5.74) is 5.95. The van der Waals surface area contributed by atoms with Crippen molar-refractivity contribution in [1.82, 2.24) is 9.80 Å². The highest BCUT2D eigenvalue weighted by molar-refractivity contribution is 5.79. The molecule has 3 rings (SSSR count). The summed E-state index contributed by atoms with van der Waals surface area (Å²) >= 11 is 0. The van der Waals surface area contributed by atoms with Gasteiger partial charge in [-0.2, -0.15) is 0 Å². The Morgan fingerprint density at radius 1 is 0.900 bits per heavy atom. The molecule has 0 aromatic rings. The Balaban J connectivity index is 1.54. The van der Waals surface area contributed by atoms with Gasteiger partial charge in [0.2, 0.25) is 5.91 Å². The average Bonchev–Trinajstić information content (AvgIpc) is 3.02. The van der Waals surface area contributed by atoms with Crippen molar-refractivity contribution in [2.45, 2.75) is 63.5 Å². The van der Waals surface area contributed by atoms with E-state index in [2.05, 4.69) is 9.80 Å². The molecule has 2 heterocycles. The molecule has 114 valence electrons. The summed E-state index contributed by atoms with van der Waals surface area (Å²) in [4.78, 5) is 17.5. The van der Waals surface area contributed by atoms with Crippen LogP contribution in [0.3, 0.4) is 0 Å². The lowest BCUT2D eigenvalue weighted by Gasteiger charge is -2.39. The maximum absolute atomic E-state index is 12.7. The first-order chi connectivity index (χ1) is 9.74. The molecule has 2 N–H and O–H groups in total. The maximum Gasteiger partial charge on any atom is 0.225 e. The summed E-state index contributed by atoms with van der Waals surface area (Å²) in [7, 11) is 0. The zero-order valence-electron chi connectivity index (χ0n) is 12.6. The standard InChI is InChI=1S/C16H29N3O/c17-14-7-5-13(6-8-14)16(20)19-11-3-4-15(12-19)18-9-1-2-10-18/h13-15H,1-12,17H2. The fourth-order valence-electron chi connectivity index (χ4n) is 4.18. The van der Waals surface area contributed by atoms with Crippen molar-refractivity contribution in [3.05, 3.63) is 0 Å². The van der Waals surface area contributed by atoms with E-state index in [1.165, 1.54) is 38.8 Å². The molecule has 0 aromatic carbocycles. The van der Waals surface area contributed by atoms with Gasteiger partial charge in [0.05, 0.1) is 0 Å². The van der Waals surface area contributed by atoms with E-state index < -0.39 is 0 Å². The van der Waals surface area contributed by atoms with Gasteiger partial charge in [-0.25, -0.2) is 0 Å². The third kappa shape index (κ3) is 3.17. The van der Waals surface area contributed by atoms with Gasteiger partial charge >= 0.3 is 0 Å². The van der Waals surface area contributed by atoms with E-state index in [1.807, 2.05) is 0 Å². The molecule has 1 aliphatic carbocycles. The van der Waals surface area contributed by atoms with E-state index in [4.69, 9.17) is 5.73 Å². The summed E-state index contributed by atoms with van der Waals surface area (Å²) < 4.78 is 0. The van der Waals surface area contributed by atoms with Crippen LogP contribution in [0.5, 0.6) is 0 Å². The quantitative estimate of drug-likeness (QED) is 0.835. The topological polar surface area (TPSA) is 49.6 Å². The molecule has 1 amide bonds. The fraction of sp³-hybridized carbons (Fsp3) is 0.938. The van der Waals surface area contributed by atoms with E-state index in [9.17, 15) is 4.79 Å². The Bertz CT molecular complexity index is 333. The highest BCUT2D eigenvalue weighted by Crippen LogP contribution is 2.27. The molecule has 1 unspecified atom stereocenters. The number of nitrogens with zero attached hydrogens (tertiary/aromatic N) is 2. The molecule has 2 saturated heterocycles. The third-order valence-electron chi connectivity index (χ3n) is 5.49. The van der Waals surface area contributed by atoms with Crippen LogP contribution >= 0.6 is 0 Å². The molecule has 0 spiro atoms. The van der Waals surface area contributed by atoms with Crippen molar-refractivity contribution in [3.8, 4) is 0 Å². The first kappa shape index (κ1) is 14.3. The lowest BCUT2D eigenvalue weighted by Crippen LogP contribution is -2.51. The van der Waals surface area contributed by atoms with Gasteiger partial charge in [-0.3, -0.25) is 9.69 Å². The SMILES string of the molecule is NC1CCC(C(=O)N2CCCC(N3CCCC3)C2)CC1. The highest BCUT2D eigenvalue weighted by Gasteiger charge is 2.33. The van der Waals surface area contributed by atoms with E-state index in [0.717, 1.165) is 38.8 Å². The lowest BCUT2D eigenvalue weighted by molar-refractivity contribution is -0.138. The van der Waals surface area contributed by atoms with Crippen LogP contribution < -0.4 is 5.73 Å². The van der Waals surface area contributed by atoms with Gasteiger partial charge in [-0.05, 0) is 64.5 Å². The minimum atomic E-state index is 0.257. The molecule has 0 aromatic heterocycles. The first-order valence-electron chi connectivity index (χ1n) is 8.52. The van der Waals surface area contributed by atoms with Crippen molar-refractivity contribution in [3.63, 3.8) is 0 Å². The summed E-state index contributed by atoms with van der Waals surface area (Å²) in [6.45, 7) is 4.43. The molecule has 0 radical (unpaired) electrons. The average molecular weight is 279 g/mol. The number of carbonyl (C=O) groups is 1. The number of hydrogen-bond acceptors (Lipinski definition) is 3. The molecule has 3 aliphatic rings. The van der Waals surface area contributed by atoms with Crippen molar-refractivity contribution in [2.24, 2.45) is 11.7 Å². The summed E-state index contributed by atoms with van der Waals surface area (Å²) in [6, 6.07) is 0.957. The van der Waals surface area contributed by atoms with Crippen molar-refractivity contribution < 1.29 is 4.79 Å². The third-order valence-corrected chi connectivity index (χ3v) is 5.49. The van der Waals surface area contributed by atoms with Crippen molar-refractivity contribution in [2.75, 3.05) is 26.2 Å². The Hall–Kier alpha value is -0.610. The summed E-state index contributed by atoms with van der Waals surface area (Å²) in [6.07, 6.45) is 9.20. The zero-order valence-corrected chi connectivity index (χ0v) is 12.6. The van der Waals surface area contributed by atoms with Crippen LogP contribution in [-0.2, 0) is 4.79 Å². The number of likely N-dealkylation sites (tertiary alicyclic amines) is 2. The Kier molecular flexibility index (Phi) is 4.61. The molecule has 4 heteroatoms. The second kappa shape index (κ2) is 6.44. The fourth-order valence-corrected chi connectivity index (χ4v) is 4.18. The molecule has 0 bridgehead atoms. The van der Waals surface area contributed by atoms with Crippen LogP contribution in [0.25, 0.3) is 0 Å². The number of amides is 1. The smallest absolute Gasteiger partial charge is 0.225 e. The minimum Gasteiger partial charge on any atom is -0.341 e. The first-order valence-corrected chi connectivity index (χ1v) is 8.52. The van der Waals surface area contributed by atoms with Gasteiger partial charge in [0, 0.05) is 31.1 Å². The molecule has 2 aliphatic heterocycles. The number of piperidine rings is 1. The van der Waals surface area contributed by atoms with E-state index in [0.29, 0.717) is 18.0 Å². The largest absolute Gasteiger partial charge is 0.341 e. The van der Waals surface area contributed by atoms with Crippen LogP contribution in [0.15, 0.2) is 0 Å².